The molecule has 0 saturated heterocycles. The van der Waals surface area contributed by atoms with Gasteiger partial charge in [-0.05, 0) is 36.8 Å². The first-order valence-corrected chi connectivity index (χ1v) is 7.71. The van der Waals surface area contributed by atoms with Crippen molar-refractivity contribution in [2.24, 2.45) is 0 Å². The van der Waals surface area contributed by atoms with Crippen LogP contribution in [0.25, 0.3) is 0 Å². The lowest BCUT2D eigenvalue weighted by Gasteiger charge is -2.11. The number of hydrogen-bond donors (Lipinski definition) is 1. The summed E-state index contributed by atoms with van der Waals surface area (Å²) in [5, 5.41) is 0. The largest absolute Gasteiger partial charge is 0.279 e. The van der Waals surface area contributed by atoms with Gasteiger partial charge in [0.25, 0.3) is 10.0 Å². The van der Waals surface area contributed by atoms with Gasteiger partial charge in [0.1, 0.15) is 10.7 Å². The van der Waals surface area contributed by atoms with E-state index in [1.54, 1.807) is 25.1 Å². The maximum absolute atomic E-state index is 13.5. The molecule has 3 nitrogen and oxygen atoms in total. The topological polar surface area (TPSA) is 46.2 Å². The fourth-order valence-corrected chi connectivity index (χ4v) is 3.13. The molecule has 0 aliphatic carbocycles. The van der Waals surface area contributed by atoms with Gasteiger partial charge in [0.2, 0.25) is 0 Å². The summed E-state index contributed by atoms with van der Waals surface area (Å²) in [6.45, 7) is 1.77. The highest BCUT2D eigenvalue weighted by Gasteiger charge is 2.19. The zero-order chi connectivity index (χ0) is 14.0. The van der Waals surface area contributed by atoms with E-state index in [-0.39, 0.29) is 4.90 Å². The molecule has 2 rings (SSSR count). The quantitative estimate of drug-likeness (QED) is 0.923. The lowest BCUT2D eigenvalue weighted by atomic mass is 10.2. The minimum Gasteiger partial charge on any atom is -0.279 e. The first-order chi connectivity index (χ1) is 8.90. The molecule has 0 bridgehead atoms. The van der Waals surface area contributed by atoms with E-state index in [1.165, 1.54) is 18.2 Å². The molecule has 0 atom stereocenters. The van der Waals surface area contributed by atoms with Crippen molar-refractivity contribution in [3.63, 3.8) is 0 Å². The summed E-state index contributed by atoms with van der Waals surface area (Å²) >= 11 is 3.27. The number of hydrogen-bond acceptors (Lipinski definition) is 2. The van der Waals surface area contributed by atoms with E-state index in [2.05, 4.69) is 20.7 Å². The monoisotopic (exact) mass is 343 g/mol. The van der Waals surface area contributed by atoms with E-state index in [9.17, 15) is 12.8 Å². The molecule has 19 heavy (non-hydrogen) atoms. The molecule has 2 aromatic rings. The number of rotatable bonds is 3. The van der Waals surface area contributed by atoms with Crippen LogP contribution >= 0.6 is 15.9 Å². The summed E-state index contributed by atoms with van der Waals surface area (Å²) in [7, 11) is -3.93. The van der Waals surface area contributed by atoms with Crippen molar-refractivity contribution in [1.29, 1.82) is 0 Å². The molecule has 100 valence electrons. The van der Waals surface area contributed by atoms with Gasteiger partial charge in [0.15, 0.2) is 0 Å². The van der Waals surface area contributed by atoms with Gasteiger partial charge in [-0.15, -0.1) is 0 Å². The highest BCUT2D eigenvalue weighted by atomic mass is 79.9. The summed E-state index contributed by atoms with van der Waals surface area (Å²) in [5.41, 5.74) is 1.17. The lowest BCUT2D eigenvalue weighted by Crippen LogP contribution is -2.15. The zero-order valence-electron chi connectivity index (χ0n) is 10.0. The van der Waals surface area contributed by atoms with Crippen molar-refractivity contribution in [3.05, 3.63) is 58.3 Å². The SMILES string of the molecule is Cc1ccc(Br)cc1NS(=O)(=O)c1ccccc1F. The van der Waals surface area contributed by atoms with Crippen LogP contribution in [-0.2, 0) is 10.0 Å². The summed E-state index contributed by atoms with van der Waals surface area (Å²) < 4.78 is 40.9. The molecule has 0 aromatic heterocycles. The number of nitrogens with one attached hydrogen (secondary N) is 1. The van der Waals surface area contributed by atoms with Crippen molar-refractivity contribution < 1.29 is 12.8 Å². The molecule has 0 spiro atoms. The van der Waals surface area contributed by atoms with Crippen LogP contribution in [0.15, 0.2) is 51.8 Å². The second kappa shape index (κ2) is 5.30. The van der Waals surface area contributed by atoms with Crippen LogP contribution < -0.4 is 4.72 Å². The molecule has 2 aromatic carbocycles. The van der Waals surface area contributed by atoms with Crippen molar-refractivity contribution in [2.75, 3.05) is 4.72 Å². The highest BCUT2D eigenvalue weighted by Crippen LogP contribution is 2.24. The Bertz CT molecular complexity index is 716. The molecule has 0 saturated carbocycles. The van der Waals surface area contributed by atoms with E-state index < -0.39 is 15.8 Å². The number of aryl methyl sites for hydroxylation is 1. The third-order valence-corrected chi connectivity index (χ3v) is 4.46. The highest BCUT2D eigenvalue weighted by molar-refractivity contribution is 9.10. The first kappa shape index (κ1) is 14.0. The summed E-state index contributed by atoms with van der Waals surface area (Å²) in [5.74, 6) is -0.775. The smallest absolute Gasteiger partial charge is 0.264 e. The average molecular weight is 344 g/mol. The molecule has 1 N–H and O–H groups in total. The fraction of sp³-hybridized carbons (Fsp3) is 0.0769. The Kier molecular flexibility index (Phi) is 3.91. The first-order valence-electron chi connectivity index (χ1n) is 5.43. The van der Waals surface area contributed by atoms with Gasteiger partial charge in [-0.1, -0.05) is 34.1 Å². The molecule has 0 aliphatic rings. The molecule has 0 unspecified atom stereocenters. The predicted molar refractivity (Wildman–Crippen MR) is 76.1 cm³/mol. The van der Waals surface area contributed by atoms with E-state index >= 15 is 0 Å². The molecular formula is C13H11BrFNO2S. The van der Waals surface area contributed by atoms with Crippen LogP contribution in [0.1, 0.15) is 5.56 Å². The van der Waals surface area contributed by atoms with Gasteiger partial charge in [-0.3, -0.25) is 4.72 Å². The predicted octanol–water partition coefficient (Wildman–Crippen LogP) is 3.70. The van der Waals surface area contributed by atoms with Gasteiger partial charge in [0, 0.05) is 4.47 Å². The van der Waals surface area contributed by atoms with Crippen LogP contribution in [0.2, 0.25) is 0 Å². The van der Waals surface area contributed by atoms with Crippen LogP contribution in [-0.4, -0.2) is 8.42 Å². The van der Waals surface area contributed by atoms with E-state index in [0.717, 1.165) is 16.1 Å². The number of sulfonamides is 1. The molecule has 0 amide bonds. The van der Waals surface area contributed by atoms with Crippen molar-refractivity contribution in [3.8, 4) is 0 Å². The van der Waals surface area contributed by atoms with Crippen molar-refractivity contribution in [2.45, 2.75) is 11.8 Å². The Balaban J connectivity index is 2.43. The lowest BCUT2D eigenvalue weighted by molar-refractivity contribution is 0.570. The van der Waals surface area contributed by atoms with Crippen molar-refractivity contribution >= 4 is 31.6 Å². The molecular weight excluding hydrogens is 333 g/mol. The minimum atomic E-state index is -3.93. The fourth-order valence-electron chi connectivity index (χ4n) is 1.57. The zero-order valence-corrected chi connectivity index (χ0v) is 12.4. The molecule has 0 fully saturated rings. The number of anilines is 1. The molecule has 0 radical (unpaired) electrons. The Labute approximate surface area is 119 Å². The van der Waals surface area contributed by atoms with E-state index in [4.69, 9.17) is 0 Å². The van der Waals surface area contributed by atoms with E-state index in [1.807, 2.05) is 0 Å². The minimum absolute atomic E-state index is 0.366. The average Bonchev–Trinajstić information content (AvgIpc) is 2.34. The Morgan fingerprint density at radius 2 is 1.84 bits per heavy atom. The third kappa shape index (κ3) is 3.13. The molecule has 0 heterocycles. The number of benzene rings is 2. The Hall–Kier alpha value is -1.40. The Morgan fingerprint density at radius 3 is 2.53 bits per heavy atom. The third-order valence-electron chi connectivity index (χ3n) is 2.57. The van der Waals surface area contributed by atoms with Crippen LogP contribution in [0.4, 0.5) is 10.1 Å². The van der Waals surface area contributed by atoms with Gasteiger partial charge >= 0.3 is 0 Å². The normalized spacial score (nSPS) is 11.3. The summed E-state index contributed by atoms with van der Waals surface area (Å²) in [6.07, 6.45) is 0. The van der Waals surface area contributed by atoms with E-state index in [0.29, 0.717) is 5.69 Å². The maximum atomic E-state index is 13.5. The maximum Gasteiger partial charge on any atom is 0.264 e. The standard InChI is InChI=1S/C13H11BrFNO2S/c1-9-6-7-10(14)8-12(9)16-19(17,18)13-5-3-2-4-11(13)15/h2-8,16H,1H3. The number of halogens is 2. The van der Waals surface area contributed by atoms with Gasteiger partial charge in [-0.2, -0.15) is 0 Å². The van der Waals surface area contributed by atoms with Crippen LogP contribution in [0.3, 0.4) is 0 Å². The molecule has 6 heteroatoms. The van der Waals surface area contributed by atoms with Gasteiger partial charge in [0.05, 0.1) is 5.69 Å². The Morgan fingerprint density at radius 1 is 1.16 bits per heavy atom. The van der Waals surface area contributed by atoms with Gasteiger partial charge in [-0.25, -0.2) is 12.8 Å². The summed E-state index contributed by atoms with van der Waals surface area (Å²) in [4.78, 5) is -0.366. The van der Waals surface area contributed by atoms with Crippen molar-refractivity contribution in [1.82, 2.24) is 0 Å². The second-order valence-corrected chi connectivity index (χ2v) is 6.56. The van der Waals surface area contributed by atoms with Gasteiger partial charge < -0.3 is 0 Å². The van der Waals surface area contributed by atoms with Crippen LogP contribution in [0.5, 0.6) is 0 Å². The second-order valence-electron chi connectivity index (χ2n) is 4.00. The van der Waals surface area contributed by atoms with Crippen LogP contribution in [0, 0.1) is 12.7 Å². The molecule has 0 aliphatic heterocycles. The summed E-state index contributed by atoms with van der Waals surface area (Å²) in [6, 6.07) is 10.5.